The van der Waals surface area contributed by atoms with Crippen LogP contribution in [0.1, 0.15) is 31.0 Å². The zero-order valence-electron chi connectivity index (χ0n) is 12.5. The number of aryl methyl sites for hydroxylation is 1. The fraction of sp³-hybridized carbons (Fsp3) is 0.235. The molecule has 116 valence electrons. The third kappa shape index (κ3) is 4.24. The molecule has 2 nitrogen and oxygen atoms in total. The largest absolute Gasteiger partial charge is 0.356 e. The Morgan fingerprint density at radius 1 is 1.18 bits per heavy atom. The molecule has 2 rings (SSSR count). The molecule has 0 aliphatic rings. The SMILES string of the molecule is CCc1cccc(NC(=S)N[C@H](C)c2ccc(F)cc2F)c1. The van der Waals surface area contributed by atoms with Crippen molar-refractivity contribution in [3.8, 4) is 0 Å². The highest BCUT2D eigenvalue weighted by molar-refractivity contribution is 7.80. The van der Waals surface area contributed by atoms with Crippen LogP contribution in [0.15, 0.2) is 42.5 Å². The van der Waals surface area contributed by atoms with Crippen LogP contribution in [0.2, 0.25) is 0 Å². The van der Waals surface area contributed by atoms with Crippen LogP contribution in [0.4, 0.5) is 14.5 Å². The summed E-state index contributed by atoms with van der Waals surface area (Å²) in [7, 11) is 0. The van der Waals surface area contributed by atoms with Crippen LogP contribution in [0.5, 0.6) is 0 Å². The summed E-state index contributed by atoms with van der Waals surface area (Å²) in [6.07, 6.45) is 0.937. The lowest BCUT2D eigenvalue weighted by Gasteiger charge is -2.18. The summed E-state index contributed by atoms with van der Waals surface area (Å²) >= 11 is 5.24. The first-order valence-electron chi connectivity index (χ1n) is 7.11. The predicted molar refractivity (Wildman–Crippen MR) is 89.9 cm³/mol. The van der Waals surface area contributed by atoms with Crippen molar-refractivity contribution in [2.75, 3.05) is 5.32 Å². The highest BCUT2D eigenvalue weighted by atomic mass is 32.1. The number of rotatable bonds is 4. The molecular weight excluding hydrogens is 302 g/mol. The summed E-state index contributed by atoms with van der Waals surface area (Å²) in [5, 5.41) is 6.47. The quantitative estimate of drug-likeness (QED) is 0.807. The van der Waals surface area contributed by atoms with E-state index in [1.54, 1.807) is 6.92 Å². The predicted octanol–water partition coefficient (Wildman–Crippen LogP) is 4.57. The van der Waals surface area contributed by atoms with Gasteiger partial charge in [0.2, 0.25) is 0 Å². The fourth-order valence-electron chi connectivity index (χ4n) is 2.16. The van der Waals surface area contributed by atoms with Gasteiger partial charge in [-0.2, -0.15) is 0 Å². The van der Waals surface area contributed by atoms with Crippen LogP contribution in [-0.4, -0.2) is 5.11 Å². The van der Waals surface area contributed by atoms with E-state index in [4.69, 9.17) is 12.2 Å². The Hall–Kier alpha value is -2.01. The van der Waals surface area contributed by atoms with Crippen LogP contribution >= 0.6 is 12.2 Å². The van der Waals surface area contributed by atoms with E-state index in [1.807, 2.05) is 24.3 Å². The summed E-state index contributed by atoms with van der Waals surface area (Å²) < 4.78 is 26.7. The van der Waals surface area contributed by atoms with Crippen molar-refractivity contribution in [1.29, 1.82) is 0 Å². The van der Waals surface area contributed by atoms with Crippen LogP contribution in [0.3, 0.4) is 0 Å². The topological polar surface area (TPSA) is 24.1 Å². The number of hydrogen-bond acceptors (Lipinski definition) is 1. The molecule has 0 spiro atoms. The third-order valence-electron chi connectivity index (χ3n) is 3.37. The second kappa shape index (κ2) is 7.31. The molecule has 5 heteroatoms. The zero-order chi connectivity index (χ0) is 16.1. The van der Waals surface area contributed by atoms with Gasteiger partial charge in [-0.1, -0.05) is 25.1 Å². The number of thiocarbonyl (C=S) groups is 1. The Bertz CT molecular complexity index is 673. The standard InChI is InChI=1S/C17H18F2N2S/c1-3-12-5-4-6-14(9-12)21-17(22)20-11(2)15-8-7-13(18)10-16(15)19/h4-11H,3H2,1-2H3,(H2,20,21,22)/t11-/m1/s1. The molecule has 0 amide bonds. The molecule has 0 aliphatic heterocycles. The van der Waals surface area contributed by atoms with E-state index in [0.29, 0.717) is 10.7 Å². The third-order valence-corrected chi connectivity index (χ3v) is 3.59. The average Bonchev–Trinajstić information content (AvgIpc) is 2.47. The number of nitrogens with one attached hydrogen (secondary N) is 2. The lowest BCUT2D eigenvalue weighted by atomic mass is 10.1. The van der Waals surface area contributed by atoms with Crippen LogP contribution in [0.25, 0.3) is 0 Å². The number of halogens is 2. The van der Waals surface area contributed by atoms with Crippen molar-refractivity contribution in [3.05, 3.63) is 65.2 Å². The van der Waals surface area contributed by atoms with Gasteiger partial charge < -0.3 is 10.6 Å². The first kappa shape index (κ1) is 16.4. The van der Waals surface area contributed by atoms with Gasteiger partial charge in [-0.05, 0) is 49.3 Å². The molecule has 1 atom stereocenters. The summed E-state index contributed by atoms with van der Waals surface area (Å²) in [4.78, 5) is 0. The second-order valence-electron chi connectivity index (χ2n) is 5.04. The average molecular weight is 320 g/mol. The monoisotopic (exact) mass is 320 g/mol. The minimum absolute atomic E-state index is 0.366. The van der Waals surface area contributed by atoms with E-state index in [9.17, 15) is 8.78 Å². The summed E-state index contributed by atoms with van der Waals surface area (Å²) in [6, 6.07) is 11.1. The molecule has 2 aromatic rings. The maximum absolute atomic E-state index is 13.7. The van der Waals surface area contributed by atoms with Crippen LogP contribution in [-0.2, 0) is 6.42 Å². The maximum Gasteiger partial charge on any atom is 0.171 e. The Morgan fingerprint density at radius 2 is 1.95 bits per heavy atom. The fourth-order valence-corrected chi connectivity index (χ4v) is 2.46. The van der Waals surface area contributed by atoms with Crippen molar-refractivity contribution in [2.45, 2.75) is 26.3 Å². The van der Waals surface area contributed by atoms with Crippen molar-refractivity contribution >= 4 is 23.0 Å². The van der Waals surface area contributed by atoms with E-state index in [-0.39, 0.29) is 6.04 Å². The van der Waals surface area contributed by atoms with Crippen molar-refractivity contribution < 1.29 is 8.78 Å². The molecule has 2 N–H and O–H groups in total. The van der Waals surface area contributed by atoms with Gasteiger partial charge in [-0.25, -0.2) is 8.78 Å². The molecule has 0 heterocycles. The van der Waals surface area contributed by atoms with Crippen LogP contribution in [0, 0.1) is 11.6 Å². The molecular formula is C17H18F2N2S. The first-order chi connectivity index (χ1) is 10.5. The Morgan fingerprint density at radius 3 is 2.64 bits per heavy atom. The molecule has 0 saturated carbocycles. The molecule has 0 bridgehead atoms. The van der Waals surface area contributed by atoms with Gasteiger partial charge in [0.1, 0.15) is 11.6 Å². The van der Waals surface area contributed by atoms with Gasteiger partial charge in [-0.3, -0.25) is 0 Å². The summed E-state index contributed by atoms with van der Waals surface area (Å²) in [5.41, 5.74) is 2.45. The molecule has 0 unspecified atom stereocenters. The van der Waals surface area contributed by atoms with Gasteiger partial charge in [0, 0.05) is 17.3 Å². The highest BCUT2D eigenvalue weighted by Crippen LogP contribution is 2.18. The van der Waals surface area contributed by atoms with E-state index >= 15 is 0 Å². The molecule has 2 aromatic carbocycles. The van der Waals surface area contributed by atoms with Crippen LogP contribution < -0.4 is 10.6 Å². The summed E-state index contributed by atoms with van der Waals surface area (Å²) in [6.45, 7) is 3.85. The minimum atomic E-state index is -0.592. The molecule has 0 saturated heterocycles. The number of hydrogen-bond donors (Lipinski definition) is 2. The van der Waals surface area contributed by atoms with E-state index < -0.39 is 11.6 Å². The maximum atomic E-state index is 13.7. The Balaban J connectivity index is 2.01. The van der Waals surface area contributed by atoms with Gasteiger partial charge in [0.05, 0.1) is 6.04 Å². The molecule has 0 aliphatic carbocycles. The lowest BCUT2D eigenvalue weighted by Crippen LogP contribution is -2.31. The molecule has 0 aromatic heterocycles. The molecule has 0 radical (unpaired) electrons. The highest BCUT2D eigenvalue weighted by Gasteiger charge is 2.12. The van der Waals surface area contributed by atoms with E-state index in [2.05, 4.69) is 17.6 Å². The Labute approximate surface area is 134 Å². The van der Waals surface area contributed by atoms with Gasteiger partial charge >= 0.3 is 0 Å². The second-order valence-corrected chi connectivity index (χ2v) is 5.45. The molecule has 0 fully saturated rings. The van der Waals surface area contributed by atoms with Gasteiger partial charge in [-0.15, -0.1) is 0 Å². The first-order valence-corrected chi connectivity index (χ1v) is 7.52. The normalized spacial score (nSPS) is 11.8. The van der Waals surface area contributed by atoms with Crippen molar-refractivity contribution in [2.24, 2.45) is 0 Å². The van der Waals surface area contributed by atoms with Gasteiger partial charge in [0.25, 0.3) is 0 Å². The van der Waals surface area contributed by atoms with E-state index in [1.165, 1.54) is 17.7 Å². The van der Waals surface area contributed by atoms with E-state index in [0.717, 1.165) is 18.2 Å². The van der Waals surface area contributed by atoms with Gasteiger partial charge in [0.15, 0.2) is 5.11 Å². The minimum Gasteiger partial charge on any atom is -0.356 e. The number of anilines is 1. The lowest BCUT2D eigenvalue weighted by molar-refractivity contribution is 0.554. The van der Waals surface area contributed by atoms with Crippen molar-refractivity contribution in [1.82, 2.24) is 5.32 Å². The molecule has 22 heavy (non-hydrogen) atoms. The summed E-state index contributed by atoms with van der Waals surface area (Å²) in [5.74, 6) is -1.18. The van der Waals surface area contributed by atoms with Crippen molar-refractivity contribution in [3.63, 3.8) is 0 Å². The zero-order valence-corrected chi connectivity index (χ0v) is 13.3. The number of benzene rings is 2. The smallest absolute Gasteiger partial charge is 0.171 e. The Kier molecular flexibility index (Phi) is 5.44.